The average Bonchev–Trinajstić information content (AvgIpc) is 3.26. The van der Waals surface area contributed by atoms with Gasteiger partial charge >= 0.3 is 0 Å². The Balaban J connectivity index is 1.58. The van der Waals surface area contributed by atoms with Crippen LogP contribution in [0.25, 0.3) is 5.69 Å². The predicted molar refractivity (Wildman–Crippen MR) is 120 cm³/mol. The quantitative estimate of drug-likeness (QED) is 0.477. The number of carbonyl (C=O) groups is 1. The molecule has 0 unspecified atom stereocenters. The normalized spacial score (nSPS) is 11.1. The highest BCUT2D eigenvalue weighted by molar-refractivity contribution is 7.92. The molecule has 0 aliphatic rings. The summed E-state index contributed by atoms with van der Waals surface area (Å²) in [4.78, 5) is 12.8. The second-order valence-corrected chi connectivity index (χ2v) is 8.61. The fourth-order valence-electron chi connectivity index (χ4n) is 3.06. The number of sulfonamides is 1. The van der Waals surface area contributed by atoms with Gasteiger partial charge in [-0.2, -0.15) is 5.10 Å². The van der Waals surface area contributed by atoms with Gasteiger partial charge in [0.05, 0.1) is 29.3 Å². The molecule has 0 aliphatic heterocycles. The van der Waals surface area contributed by atoms with Gasteiger partial charge in [0.1, 0.15) is 4.90 Å². The van der Waals surface area contributed by atoms with Crippen molar-refractivity contribution in [1.29, 1.82) is 0 Å². The first-order valence-electron chi connectivity index (χ1n) is 9.52. The van der Waals surface area contributed by atoms with Crippen LogP contribution in [-0.2, 0) is 10.0 Å². The van der Waals surface area contributed by atoms with Crippen molar-refractivity contribution < 1.29 is 13.2 Å². The Bertz CT molecular complexity index is 1330. The van der Waals surface area contributed by atoms with E-state index in [2.05, 4.69) is 15.1 Å². The SMILES string of the molecule is Cc1cccc(NC(=O)c2ccccc2NS(=O)(=O)c2cnn(-c3ccccc3)c2)c1. The highest BCUT2D eigenvalue weighted by atomic mass is 32.2. The van der Waals surface area contributed by atoms with Crippen molar-refractivity contribution in [3.05, 3.63) is 102 Å². The zero-order chi connectivity index (χ0) is 21.8. The first kappa shape index (κ1) is 20.4. The van der Waals surface area contributed by atoms with E-state index in [1.165, 1.54) is 17.1 Å². The zero-order valence-electron chi connectivity index (χ0n) is 16.7. The Hall–Kier alpha value is -3.91. The molecule has 4 aromatic rings. The van der Waals surface area contributed by atoms with E-state index in [4.69, 9.17) is 0 Å². The number of nitrogens with zero attached hydrogens (tertiary/aromatic N) is 2. The van der Waals surface area contributed by atoms with Gasteiger partial charge in [0.25, 0.3) is 15.9 Å². The summed E-state index contributed by atoms with van der Waals surface area (Å²) in [5.41, 5.74) is 2.76. The van der Waals surface area contributed by atoms with Gasteiger partial charge in [0, 0.05) is 5.69 Å². The molecule has 2 N–H and O–H groups in total. The van der Waals surface area contributed by atoms with Gasteiger partial charge in [-0.05, 0) is 48.9 Å². The van der Waals surface area contributed by atoms with Crippen molar-refractivity contribution in [3.63, 3.8) is 0 Å². The molecule has 1 amide bonds. The van der Waals surface area contributed by atoms with Gasteiger partial charge in [0.2, 0.25) is 0 Å². The molecule has 0 atom stereocenters. The molecule has 31 heavy (non-hydrogen) atoms. The topological polar surface area (TPSA) is 93.1 Å². The molecule has 8 heteroatoms. The smallest absolute Gasteiger partial charge is 0.265 e. The fraction of sp³-hybridized carbons (Fsp3) is 0.0435. The lowest BCUT2D eigenvalue weighted by molar-refractivity contribution is 0.102. The van der Waals surface area contributed by atoms with Gasteiger partial charge in [0.15, 0.2) is 0 Å². The van der Waals surface area contributed by atoms with E-state index in [-0.39, 0.29) is 16.1 Å². The van der Waals surface area contributed by atoms with Gasteiger partial charge in [-0.25, -0.2) is 13.1 Å². The van der Waals surface area contributed by atoms with Gasteiger partial charge in [-0.15, -0.1) is 0 Å². The van der Waals surface area contributed by atoms with Gasteiger partial charge in [-0.3, -0.25) is 9.52 Å². The van der Waals surface area contributed by atoms with E-state index in [0.717, 1.165) is 11.3 Å². The van der Waals surface area contributed by atoms with Crippen LogP contribution in [0.4, 0.5) is 11.4 Å². The average molecular weight is 433 g/mol. The minimum atomic E-state index is -3.95. The predicted octanol–water partition coefficient (Wildman–Crippen LogP) is 4.23. The number of rotatable bonds is 6. The van der Waals surface area contributed by atoms with Crippen molar-refractivity contribution in [2.75, 3.05) is 10.0 Å². The van der Waals surface area contributed by atoms with Crippen molar-refractivity contribution >= 4 is 27.3 Å². The Labute approximate surface area is 180 Å². The standard InChI is InChI=1S/C23H20N4O3S/c1-17-8-7-9-18(14-17)25-23(28)21-12-5-6-13-22(21)26-31(29,30)20-15-24-27(16-20)19-10-3-2-4-11-19/h2-16,26H,1H3,(H,25,28). The zero-order valence-corrected chi connectivity index (χ0v) is 17.5. The number of anilines is 2. The molecule has 0 saturated heterocycles. The number of hydrogen-bond donors (Lipinski definition) is 2. The summed E-state index contributed by atoms with van der Waals surface area (Å²) in [6, 6.07) is 23.0. The van der Waals surface area contributed by atoms with Crippen LogP contribution in [0.1, 0.15) is 15.9 Å². The monoisotopic (exact) mass is 432 g/mol. The molecule has 0 bridgehead atoms. The summed E-state index contributed by atoms with van der Waals surface area (Å²) in [5, 5.41) is 6.93. The third kappa shape index (κ3) is 4.65. The van der Waals surface area contributed by atoms with Crippen LogP contribution in [0.15, 0.2) is 96.2 Å². The van der Waals surface area contributed by atoms with Gasteiger partial charge < -0.3 is 5.32 Å². The lowest BCUT2D eigenvalue weighted by Crippen LogP contribution is -2.18. The van der Waals surface area contributed by atoms with Crippen LogP contribution in [0.5, 0.6) is 0 Å². The lowest BCUT2D eigenvalue weighted by Gasteiger charge is -2.12. The molecular weight excluding hydrogens is 412 g/mol. The fourth-order valence-corrected chi connectivity index (χ4v) is 4.07. The lowest BCUT2D eigenvalue weighted by atomic mass is 10.1. The van der Waals surface area contributed by atoms with Crippen LogP contribution < -0.4 is 10.0 Å². The van der Waals surface area contributed by atoms with Crippen LogP contribution in [0.3, 0.4) is 0 Å². The number of hydrogen-bond acceptors (Lipinski definition) is 4. The Morgan fingerprint density at radius 3 is 2.45 bits per heavy atom. The number of aromatic nitrogens is 2. The molecule has 7 nitrogen and oxygen atoms in total. The van der Waals surface area contributed by atoms with E-state index < -0.39 is 15.9 Å². The first-order chi connectivity index (χ1) is 14.9. The molecule has 4 rings (SSSR count). The largest absolute Gasteiger partial charge is 0.322 e. The second kappa shape index (κ2) is 8.45. The van der Waals surface area contributed by atoms with Crippen LogP contribution in [0, 0.1) is 6.92 Å². The number of nitrogens with one attached hydrogen (secondary N) is 2. The van der Waals surface area contributed by atoms with Crippen LogP contribution in [0.2, 0.25) is 0 Å². The third-order valence-electron chi connectivity index (χ3n) is 4.58. The van der Waals surface area contributed by atoms with E-state index in [1.54, 1.807) is 30.3 Å². The highest BCUT2D eigenvalue weighted by Gasteiger charge is 2.20. The molecule has 0 aliphatic carbocycles. The molecule has 0 saturated carbocycles. The summed E-state index contributed by atoms with van der Waals surface area (Å²) in [7, 11) is -3.95. The van der Waals surface area contributed by atoms with Crippen molar-refractivity contribution in [1.82, 2.24) is 9.78 Å². The Morgan fingerprint density at radius 1 is 0.935 bits per heavy atom. The number of benzene rings is 3. The van der Waals surface area contributed by atoms with Crippen LogP contribution >= 0.6 is 0 Å². The first-order valence-corrected chi connectivity index (χ1v) is 11.0. The summed E-state index contributed by atoms with van der Waals surface area (Å²) >= 11 is 0. The molecule has 1 heterocycles. The number of aryl methyl sites for hydroxylation is 1. The van der Waals surface area contributed by atoms with Crippen molar-refractivity contribution in [2.24, 2.45) is 0 Å². The summed E-state index contributed by atoms with van der Waals surface area (Å²) in [5.74, 6) is -0.413. The Morgan fingerprint density at radius 2 is 1.68 bits per heavy atom. The minimum absolute atomic E-state index is 0.00903. The number of para-hydroxylation sites is 2. The maximum absolute atomic E-state index is 12.9. The maximum Gasteiger partial charge on any atom is 0.265 e. The molecule has 0 fully saturated rings. The van der Waals surface area contributed by atoms with Crippen molar-refractivity contribution in [3.8, 4) is 5.69 Å². The number of carbonyl (C=O) groups excluding carboxylic acids is 1. The summed E-state index contributed by atoms with van der Waals surface area (Å²) in [6.45, 7) is 1.92. The number of amides is 1. The Kier molecular flexibility index (Phi) is 5.55. The summed E-state index contributed by atoms with van der Waals surface area (Å²) < 4.78 is 29.8. The molecule has 0 radical (unpaired) electrons. The summed E-state index contributed by atoms with van der Waals surface area (Å²) in [6.07, 6.45) is 2.69. The molecule has 156 valence electrons. The second-order valence-electron chi connectivity index (χ2n) is 6.93. The molecule has 0 spiro atoms. The van der Waals surface area contributed by atoms with E-state index in [1.807, 2.05) is 55.5 Å². The minimum Gasteiger partial charge on any atom is -0.322 e. The molecular formula is C23H20N4O3S. The maximum atomic E-state index is 12.9. The third-order valence-corrected chi connectivity index (χ3v) is 5.90. The highest BCUT2D eigenvalue weighted by Crippen LogP contribution is 2.22. The van der Waals surface area contributed by atoms with Crippen molar-refractivity contribution in [2.45, 2.75) is 11.8 Å². The van der Waals surface area contributed by atoms with E-state index in [9.17, 15) is 13.2 Å². The van der Waals surface area contributed by atoms with Gasteiger partial charge in [-0.1, -0.05) is 42.5 Å². The molecule has 1 aromatic heterocycles. The van der Waals surface area contributed by atoms with E-state index in [0.29, 0.717) is 5.69 Å². The van der Waals surface area contributed by atoms with Crippen LogP contribution in [-0.4, -0.2) is 24.1 Å². The molecule has 3 aromatic carbocycles. The van der Waals surface area contributed by atoms with E-state index >= 15 is 0 Å².